The number of imide groups is 1. The molecule has 0 atom stereocenters. The lowest BCUT2D eigenvalue weighted by Crippen LogP contribution is -2.42. The van der Waals surface area contributed by atoms with Gasteiger partial charge in [0, 0.05) is 12.3 Å². The van der Waals surface area contributed by atoms with E-state index in [-0.39, 0.29) is 50.3 Å². The van der Waals surface area contributed by atoms with Crippen LogP contribution in [0.5, 0.6) is 0 Å². The first-order chi connectivity index (χ1) is 19.9. The average molecular weight is 611 g/mol. The average Bonchev–Trinajstić information content (AvgIpc) is 3.29. The minimum atomic E-state index is -1.03. The molecule has 3 aromatic rings. The Morgan fingerprint density at radius 1 is 1.21 bits per heavy atom. The van der Waals surface area contributed by atoms with Crippen molar-refractivity contribution in [1.29, 1.82) is 5.26 Å². The second-order valence-corrected chi connectivity index (χ2v) is 11.6. The van der Waals surface area contributed by atoms with Gasteiger partial charge in [0.2, 0.25) is 0 Å². The van der Waals surface area contributed by atoms with Gasteiger partial charge in [-0.25, -0.2) is 28.6 Å². The van der Waals surface area contributed by atoms with Crippen molar-refractivity contribution in [2.75, 3.05) is 5.32 Å². The molecule has 0 aliphatic carbocycles. The fraction of sp³-hybridized carbons (Fsp3) is 0.310. The summed E-state index contributed by atoms with van der Waals surface area (Å²) in [6.45, 7) is 15.2. The number of hydrogen-bond acceptors (Lipinski definition) is 9. The van der Waals surface area contributed by atoms with E-state index in [0.29, 0.717) is 4.90 Å². The quantitative estimate of drug-likeness (QED) is 0.183. The second-order valence-electron chi connectivity index (χ2n) is 11.2. The highest BCUT2D eigenvalue weighted by Gasteiger charge is 2.33. The summed E-state index contributed by atoms with van der Waals surface area (Å²) >= 11 is 6.34. The molecule has 0 spiro atoms. The number of amides is 2. The standard InChI is InChI=1S/C29H32ClFN8O4/c1-16(39(26(40)42-28(3,4)5)27(41)43-29(6,7)8)12-22(35-17(2)33)36-25-19-15-38(37-23(19)21(31)14-34-25)24-18(13-32)10-9-11-20(24)30/h9-12,14-15H,1H2,2-8H3,(H2,33,35)(H,34,36)/b22-12+. The third-order valence-corrected chi connectivity index (χ3v) is 5.43. The van der Waals surface area contributed by atoms with Crippen molar-refractivity contribution < 1.29 is 23.5 Å². The van der Waals surface area contributed by atoms with Gasteiger partial charge < -0.3 is 20.5 Å². The van der Waals surface area contributed by atoms with Crippen molar-refractivity contribution in [1.82, 2.24) is 19.7 Å². The van der Waals surface area contributed by atoms with Crippen molar-refractivity contribution in [3.05, 3.63) is 71.2 Å². The molecule has 14 heteroatoms. The van der Waals surface area contributed by atoms with Gasteiger partial charge in [0.15, 0.2) is 5.82 Å². The number of carbonyl (C=O) groups is 2. The highest BCUT2D eigenvalue weighted by molar-refractivity contribution is 6.32. The molecule has 0 unspecified atom stereocenters. The minimum absolute atomic E-state index is 0.0225. The van der Waals surface area contributed by atoms with Crippen LogP contribution in [0.3, 0.4) is 0 Å². The van der Waals surface area contributed by atoms with Gasteiger partial charge in [-0.1, -0.05) is 24.2 Å². The number of fused-ring (bicyclic) bond motifs is 1. The van der Waals surface area contributed by atoms with Crippen LogP contribution in [0.4, 0.5) is 19.8 Å². The van der Waals surface area contributed by atoms with Crippen molar-refractivity contribution in [2.24, 2.45) is 10.7 Å². The van der Waals surface area contributed by atoms with E-state index in [1.807, 2.05) is 6.07 Å². The fourth-order valence-electron chi connectivity index (χ4n) is 3.58. The number of aliphatic imine (C=N–C) groups is 1. The molecule has 0 radical (unpaired) electrons. The van der Waals surface area contributed by atoms with E-state index in [1.54, 1.807) is 59.7 Å². The Morgan fingerprint density at radius 2 is 1.81 bits per heavy atom. The number of nitrogens with zero attached hydrogens (tertiary/aromatic N) is 6. The van der Waals surface area contributed by atoms with E-state index in [4.69, 9.17) is 26.8 Å². The predicted molar refractivity (Wildman–Crippen MR) is 161 cm³/mol. The van der Waals surface area contributed by atoms with Crippen LogP contribution in [0.15, 0.2) is 59.8 Å². The molecule has 2 aromatic heterocycles. The van der Waals surface area contributed by atoms with Gasteiger partial charge in [0.1, 0.15) is 40.1 Å². The first-order valence-corrected chi connectivity index (χ1v) is 13.3. The molecule has 0 aliphatic heterocycles. The highest BCUT2D eigenvalue weighted by atomic mass is 35.5. The molecule has 1 aromatic carbocycles. The summed E-state index contributed by atoms with van der Waals surface area (Å²) in [4.78, 5) is 35.1. The van der Waals surface area contributed by atoms with Crippen LogP contribution in [-0.4, -0.2) is 48.9 Å². The highest BCUT2D eigenvalue weighted by Crippen LogP contribution is 2.30. The summed E-state index contributed by atoms with van der Waals surface area (Å²) in [5, 5.41) is 17.2. The number of rotatable bonds is 6. The Labute approximate surface area is 253 Å². The van der Waals surface area contributed by atoms with Gasteiger partial charge in [-0.2, -0.15) is 15.3 Å². The van der Waals surface area contributed by atoms with E-state index in [0.717, 1.165) is 6.20 Å². The summed E-state index contributed by atoms with van der Waals surface area (Å²) < 4.78 is 26.9. The van der Waals surface area contributed by atoms with E-state index >= 15 is 0 Å². The third kappa shape index (κ3) is 8.30. The zero-order chi connectivity index (χ0) is 32.3. The SMILES string of the molecule is C=C(/C=C(\N=C(C)N)Nc1ncc(F)c2nn(-c3c(Cl)cccc3C#N)cc12)N(C(=O)OC(C)(C)C)C(=O)OC(C)(C)C. The number of allylic oxidation sites excluding steroid dienone is 1. The number of benzene rings is 1. The molecule has 0 fully saturated rings. The molecule has 3 rings (SSSR count). The molecule has 3 N–H and O–H groups in total. The number of hydrogen-bond donors (Lipinski definition) is 2. The molecule has 2 amide bonds. The summed E-state index contributed by atoms with van der Waals surface area (Å²) in [6.07, 6.45) is 1.56. The molecule has 43 heavy (non-hydrogen) atoms. The molecule has 226 valence electrons. The molecule has 2 heterocycles. The Morgan fingerprint density at radius 3 is 2.35 bits per heavy atom. The van der Waals surface area contributed by atoms with Crippen LogP contribution in [-0.2, 0) is 9.47 Å². The molecular formula is C29H32ClFN8O4. The number of ether oxygens (including phenoxy) is 2. The third-order valence-electron chi connectivity index (χ3n) is 5.12. The minimum Gasteiger partial charge on any atom is -0.443 e. The number of halogens is 2. The molecule has 0 saturated heterocycles. The number of nitrogens with one attached hydrogen (secondary N) is 1. The van der Waals surface area contributed by atoms with Gasteiger partial charge in [-0.05, 0) is 60.6 Å². The van der Waals surface area contributed by atoms with Gasteiger partial charge in [-0.15, -0.1) is 0 Å². The first-order valence-electron chi connectivity index (χ1n) is 12.9. The lowest BCUT2D eigenvalue weighted by Gasteiger charge is -2.28. The maximum Gasteiger partial charge on any atom is 0.424 e. The summed E-state index contributed by atoms with van der Waals surface area (Å²) in [5.41, 5.74) is 4.17. The zero-order valence-corrected chi connectivity index (χ0v) is 25.6. The maximum absolute atomic E-state index is 14.8. The predicted octanol–water partition coefficient (Wildman–Crippen LogP) is 6.40. The topological polar surface area (TPSA) is 161 Å². The van der Waals surface area contributed by atoms with Gasteiger partial charge >= 0.3 is 12.2 Å². The summed E-state index contributed by atoms with van der Waals surface area (Å²) in [7, 11) is 0. The molecule has 0 aliphatic rings. The van der Waals surface area contributed by atoms with Crippen LogP contribution < -0.4 is 11.1 Å². The zero-order valence-electron chi connectivity index (χ0n) is 24.8. The van der Waals surface area contributed by atoms with Crippen molar-refractivity contribution in [3.63, 3.8) is 0 Å². The van der Waals surface area contributed by atoms with Crippen molar-refractivity contribution in [3.8, 4) is 11.8 Å². The number of carbonyl (C=O) groups excluding carboxylic acids is 2. The monoisotopic (exact) mass is 610 g/mol. The fourth-order valence-corrected chi connectivity index (χ4v) is 3.84. The summed E-state index contributed by atoms with van der Waals surface area (Å²) in [6, 6.07) is 6.77. The number of pyridine rings is 1. The van der Waals surface area contributed by atoms with Gasteiger partial charge in [0.05, 0.1) is 33.7 Å². The van der Waals surface area contributed by atoms with E-state index in [2.05, 4.69) is 27.0 Å². The number of anilines is 1. The van der Waals surface area contributed by atoms with E-state index in [9.17, 15) is 19.2 Å². The largest absolute Gasteiger partial charge is 0.443 e. The molecular weight excluding hydrogens is 579 g/mol. The number of aromatic nitrogens is 3. The lowest BCUT2D eigenvalue weighted by molar-refractivity contribution is 0.00910. The maximum atomic E-state index is 14.8. The van der Waals surface area contributed by atoms with Crippen LogP contribution in [0, 0.1) is 17.1 Å². The van der Waals surface area contributed by atoms with Crippen LogP contribution in [0.25, 0.3) is 16.6 Å². The first kappa shape index (κ1) is 32.6. The number of nitriles is 1. The van der Waals surface area contributed by atoms with Gasteiger partial charge in [0.25, 0.3) is 0 Å². The van der Waals surface area contributed by atoms with E-state index < -0.39 is 29.2 Å². The van der Waals surface area contributed by atoms with Crippen LogP contribution in [0.2, 0.25) is 5.02 Å². The molecule has 0 saturated carbocycles. The normalized spacial score (nSPS) is 12.5. The van der Waals surface area contributed by atoms with Crippen molar-refractivity contribution in [2.45, 2.75) is 59.7 Å². The molecule has 0 bridgehead atoms. The lowest BCUT2D eigenvalue weighted by atomic mass is 10.2. The number of nitrogens with two attached hydrogens (primary N) is 1. The Hall–Kier alpha value is -4.96. The smallest absolute Gasteiger partial charge is 0.424 e. The Bertz CT molecular complexity index is 1660. The molecule has 12 nitrogen and oxygen atoms in total. The van der Waals surface area contributed by atoms with Crippen molar-refractivity contribution >= 4 is 46.3 Å². The van der Waals surface area contributed by atoms with Crippen LogP contribution >= 0.6 is 11.6 Å². The number of para-hydroxylation sites is 1. The summed E-state index contributed by atoms with van der Waals surface area (Å²) in [5.74, 6) is -0.583. The Kier molecular flexibility index (Phi) is 9.46. The second kappa shape index (κ2) is 12.5. The Balaban J connectivity index is 2.11. The van der Waals surface area contributed by atoms with E-state index in [1.165, 1.54) is 23.9 Å². The number of amidine groups is 1. The van der Waals surface area contributed by atoms with Gasteiger partial charge in [-0.3, -0.25) is 0 Å². The van der Waals surface area contributed by atoms with Crippen LogP contribution in [0.1, 0.15) is 54.0 Å².